The third-order valence-electron chi connectivity index (χ3n) is 2.38. The molecule has 0 aliphatic heterocycles. The van der Waals surface area contributed by atoms with Crippen LogP contribution < -0.4 is 21.5 Å². The lowest BCUT2D eigenvalue weighted by atomic mass is 10.3. The topological polar surface area (TPSA) is 86.2 Å². The van der Waals surface area contributed by atoms with Crippen LogP contribution >= 0.6 is 11.6 Å². The summed E-state index contributed by atoms with van der Waals surface area (Å²) in [5.41, 5.74) is 12.5. The molecule has 0 saturated carbocycles. The van der Waals surface area contributed by atoms with Crippen LogP contribution in [0.3, 0.4) is 0 Å². The van der Waals surface area contributed by atoms with Crippen molar-refractivity contribution in [1.82, 2.24) is 4.98 Å². The standard InChI is InChI=1S/C12H13ClN4O/c1-18-10-4-2-7(6-8(10)13)16-11-5-3-9(14)12(15)17-11/h2-6H,14H2,1H3,(H3,15,16,17). The number of nitrogen functional groups attached to an aromatic ring is 2. The predicted molar refractivity (Wildman–Crippen MR) is 74.3 cm³/mol. The summed E-state index contributed by atoms with van der Waals surface area (Å²) in [5.74, 6) is 1.51. The first-order valence-corrected chi connectivity index (χ1v) is 5.60. The number of hydrogen-bond donors (Lipinski definition) is 3. The van der Waals surface area contributed by atoms with Gasteiger partial charge in [0.2, 0.25) is 0 Å². The Labute approximate surface area is 110 Å². The van der Waals surface area contributed by atoms with E-state index in [1.54, 1.807) is 31.4 Å². The highest BCUT2D eigenvalue weighted by atomic mass is 35.5. The number of benzene rings is 1. The number of aromatic nitrogens is 1. The van der Waals surface area contributed by atoms with Crippen LogP contribution in [0.2, 0.25) is 5.02 Å². The maximum atomic E-state index is 6.02. The second-order valence-electron chi connectivity index (χ2n) is 3.65. The van der Waals surface area contributed by atoms with Gasteiger partial charge in [0.05, 0.1) is 17.8 Å². The molecule has 0 bridgehead atoms. The van der Waals surface area contributed by atoms with E-state index in [9.17, 15) is 0 Å². The van der Waals surface area contributed by atoms with Gasteiger partial charge in [-0.15, -0.1) is 0 Å². The molecule has 0 fully saturated rings. The molecular formula is C12H13ClN4O. The van der Waals surface area contributed by atoms with Crippen molar-refractivity contribution in [2.24, 2.45) is 0 Å². The quantitative estimate of drug-likeness (QED) is 0.793. The van der Waals surface area contributed by atoms with E-state index in [1.165, 1.54) is 0 Å². The summed E-state index contributed by atoms with van der Waals surface area (Å²) in [6, 6.07) is 8.78. The van der Waals surface area contributed by atoms with Gasteiger partial charge in [-0.2, -0.15) is 0 Å². The van der Waals surface area contributed by atoms with E-state index in [4.69, 9.17) is 27.8 Å². The lowest BCUT2D eigenvalue weighted by Gasteiger charge is -2.09. The van der Waals surface area contributed by atoms with Gasteiger partial charge in [-0.25, -0.2) is 4.98 Å². The fourth-order valence-corrected chi connectivity index (χ4v) is 1.71. The van der Waals surface area contributed by atoms with Crippen LogP contribution in [-0.4, -0.2) is 12.1 Å². The minimum absolute atomic E-state index is 0.291. The van der Waals surface area contributed by atoms with Crippen molar-refractivity contribution in [3.63, 3.8) is 0 Å². The van der Waals surface area contributed by atoms with Crippen molar-refractivity contribution in [1.29, 1.82) is 0 Å². The molecule has 0 radical (unpaired) electrons. The predicted octanol–water partition coefficient (Wildman–Crippen LogP) is 2.65. The zero-order valence-corrected chi connectivity index (χ0v) is 10.5. The molecule has 5 N–H and O–H groups in total. The summed E-state index contributed by atoms with van der Waals surface area (Å²) in [7, 11) is 1.57. The molecule has 1 aromatic carbocycles. The van der Waals surface area contributed by atoms with Gasteiger partial charge in [0.15, 0.2) is 0 Å². The van der Waals surface area contributed by atoms with Gasteiger partial charge in [0, 0.05) is 5.69 Å². The first-order chi connectivity index (χ1) is 8.60. The van der Waals surface area contributed by atoms with Crippen LogP contribution in [0.15, 0.2) is 30.3 Å². The largest absolute Gasteiger partial charge is 0.495 e. The minimum atomic E-state index is 0.291. The Morgan fingerprint density at radius 2 is 2.00 bits per heavy atom. The molecule has 0 saturated heterocycles. The zero-order chi connectivity index (χ0) is 13.1. The van der Waals surface area contributed by atoms with Crippen molar-refractivity contribution in [3.8, 4) is 5.75 Å². The second kappa shape index (κ2) is 5.01. The van der Waals surface area contributed by atoms with E-state index < -0.39 is 0 Å². The van der Waals surface area contributed by atoms with Gasteiger partial charge >= 0.3 is 0 Å². The van der Waals surface area contributed by atoms with Crippen LogP contribution in [-0.2, 0) is 0 Å². The maximum absolute atomic E-state index is 6.02. The van der Waals surface area contributed by atoms with Gasteiger partial charge in [-0.3, -0.25) is 0 Å². The van der Waals surface area contributed by atoms with E-state index >= 15 is 0 Å². The van der Waals surface area contributed by atoms with Crippen molar-refractivity contribution in [2.75, 3.05) is 23.9 Å². The average molecular weight is 265 g/mol. The number of nitrogens with two attached hydrogens (primary N) is 2. The molecule has 94 valence electrons. The number of pyridine rings is 1. The summed E-state index contributed by atoms with van der Waals surface area (Å²) in [6.07, 6.45) is 0. The van der Waals surface area contributed by atoms with Crippen molar-refractivity contribution >= 4 is 34.6 Å². The number of anilines is 4. The smallest absolute Gasteiger partial charge is 0.149 e. The maximum Gasteiger partial charge on any atom is 0.149 e. The summed E-state index contributed by atoms with van der Waals surface area (Å²) >= 11 is 6.02. The molecule has 1 aromatic heterocycles. The van der Waals surface area contributed by atoms with Gasteiger partial charge < -0.3 is 21.5 Å². The molecule has 6 heteroatoms. The van der Waals surface area contributed by atoms with Gasteiger partial charge in [-0.05, 0) is 30.3 Å². The SMILES string of the molecule is COc1ccc(Nc2ccc(N)c(N)n2)cc1Cl. The van der Waals surface area contributed by atoms with Crippen molar-refractivity contribution in [3.05, 3.63) is 35.4 Å². The number of ether oxygens (including phenoxy) is 1. The van der Waals surface area contributed by atoms with E-state index in [0.29, 0.717) is 28.1 Å². The molecule has 2 aromatic rings. The summed E-state index contributed by atoms with van der Waals surface area (Å²) in [4.78, 5) is 4.11. The van der Waals surface area contributed by atoms with Crippen LogP contribution in [0.4, 0.5) is 23.0 Å². The highest BCUT2D eigenvalue weighted by Crippen LogP contribution is 2.28. The van der Waals surface area contributed by atoms with Crippen LogP contribution in [0.1, 0.15) is 0 Å². The first-order valence-electron chi connectivity index (χ1n) is 5.22. The summed E-state index contributed by atoms with van der Waals surface area (Å²) in [6.45, 7) is 0. The fraction of sp³-hybridized carbons (Fsp3) is 0.0833. The second-order valence-corrected chi connectivity index (χ2v) is 4.05. The number of halogens is 1. The number of nitrogens with zero attached hydrogens (tertiary/aromatic N) is 1. The van der Waals surface area contributed by atoms with Gasteiger partial charge in [0.25, 0.3) is 0 Å². The highest BCUT2D eigenvalue weighted by molar-refractivity contribution is 6.32. The first kappa shape index (κ1) is 12.3. The Bertz CT molecular complexity index is 574. The van der Waals surface area contributed by atoms with E-state index in [2.05, 4.69) is 10.3 Å². The molecule has 0 aliphatic rings. The minimum Gasteiger partial charge on any atom is -0.495 e. The third kappa shape index (κ3) is 2.57. The van der Waals surface area contributed by atoms with Crippen LogP contribution in [0, 0.1) is 0 Å². The molecule has 1 heterocycles. The number of hydrogen-bond acceptors (Lipinski definition) is 5. The monoisotopic (exact) mass is 264 g/mol. The van der Waals surface area contributed by atoms with E-state index in [-0.39, 0.29) is 0 Å². The third-order valence-corrected chi connectivity index (χ3v) is 2.68. The van der Waals surface area contributed by atoms with E-state index in [1.807, 2.05) is 6.07 Å². The number of methoxy groups -OCH3 is 1. The Morgan fingerprint density at radius 1 is 1.22 bits per heavy atom. The molecule has 0 amide bonds. The molecule has 2 rings (SSSR count). The Hall–Kier alpha value is -2.14. The highest BCUT2D eigenvalue weighted by Gasteiger charge is 2.03. The summed E-state index contributed by atoms with van der Waals surface area (Å²) in [5, 5.41) is 3.60. The number of rotatable bonds is 3. The normalized spacial score (nSPS) is 10.1. The molecule has 0 atom stereocenters. The lowest BCUT2D eigenvalue weighted by molar-refractivity contribution is 0.415. The fourth-order valence-electron chi connectivity index (χ4n) is 1.45. The number of nitrogens with one attached hydrogen (secondary N) is 1. The molecule has 0 aliphatic carbocycles. The Morgan fingerprint density at radius 3 is 2.61 bits per heavy atom. The Balaban J connectivity index is 2.23. The Kier molecular flexibility index (Phi) is 3.43. The zero-order valence-electron chi connectivity index (χ0n) is 9.77. The van der Waals surface area contributed by atoms with E-state index in [0.717, 1.165) is 5.69 Å². The average Bonchev–Trinajstić information content (AvgIpc) is 2.34. The molecule has 5 nitrogen and oxygen atoms in total. The van der Waals surface area contributed by atoms with Crippen molar-refractivity contribution < 1.29 is 4.74 Å². The van der Waals surface area contributed by atoms with Crippen LogP contribution in [0.5, 0.6) is 5.75 Å². The molecule has 18 heavy (non-hydrogen) atoms. The molecular weight excluding hydrogens is 252 g/mol. The van der Waals surface area contributed by atoms with Gasteiger partial charge in [-0.1, -0.05) is 11.6 Å². The van der Waals surface area contributed by atoms with Gasteiger partial charge in [0.1, 0.15) is 17.4 Å². The van der Waals surface area contributed by atoms with Crippen molar-refractivity contribution in [2.45, 2.75) is 0 Å². The lowest BCUT2D eigenvalue weighted by Crippen LogP contribution is -2.01. The molecule has 0 unspecified atom stereocenters. The van der Waals surface area contributed by atoms with Crippen LogP contribution in [0.25, 0.3) is 0 Å². The summed E-state index contributed by atoms with van der Waals surface area (Å²) < 4.78 is 5.07. The molecule has 0 spiro atoms.